The molecule has 0 bridgehead atoms. The van der Waals surface area contributed by atoms with Crippen LogP contribution in [0, 0.1) is 0 Å². The summed E-state index contributed by atoms with van der Waals surface area (Å²) in [6.07, 6.45) is 5.83. The van der Waals surface area contributed by atoms with Gasteiger partial charge in [0.2, 0.25) is 5.91 Å². The summed E-state index contributed by atoms with van der Waals surface area (Å²) in [6, 6.07) is 7.09. The minimum atomic E-state index is -0.483. The van der Waals surface area contributed by atoms with Crippen molar-refractivity contribution in [2.75, 3.05) is 5.32 Å². The van der Waals surface area contributed by atoms with Gasteiger partial charge in [-0.15, -0.1) is 11.3 Å². The Balaban J connectivity index is 1.63. The van der Waals surface area contributed by atoms with E-state index in [1.54, 1.807) is 30.3 Å². The fourth-order valence-corrected chi connectivity index (χ4v) is 4.48. The van der Waals surface area contributed by atoms with Gasteiger partial charge >= 0.3 is 0 Å². The normalized spacial score (nSPS) is 12.8. The number of nitrogens with two attached hydrogens (primary N) is 1. The van der Waals surface area contributed by atoms with Gasteiger partial charge in [-0.3, -0.25) is 14.9 Å². The number of thiocarbonyl (C=S) groups is 1. The number of fused-ring (bicyclic) bond motifs is 1. The van der Waals surface area contributed by atoms with Crippen molar-refractivity contribution in [2.24, 2.45) is 5.73 Å². The summed E-state index contributed by atoms with van der Waals surface area (Å²) in [5.41, 5.74) is 7.83. The summed E-state index contributed by atoms with van der Waals surface area (Å²) in [6.45, 7) is 0. The van der Waals surface area contributed by atoms with Crippen molar-refractivity contribution in [2.45, 2.75) is 19.3 Å². The molecule has 0 radical (unpaired) electrons. The molecule has 2 amide bonds. The van der Waals surface area contributed by atoms with Gasteiger partial charge in [0, 0.05) is 16.0 Å². The molecule has 1 aromatic heterocycles. The van der Waals surface area contributed by atoms with Crippen molar-refractivity contribution in [1.82, 2.24) is 5.32 Å². The highest BCUT2D eigenvalue weighted by Gasteiger charge is 2.25. The predicted octanol–water partition coefficient (Wildman–Crippen LogP) is 3.52. The monoisotopic (exact) mass is 405 g/mol. The molecule has 0 saturated carbocycles. The third kappa shape index (κ3) is 4.30. The standard InChI is InChI=1S/C18H16ClN3O2S2/c19-11-7-4-10(5-8-11)6-9-14(23)21-18(25)22-17-15(16(20)24)12-2-1-3-13(12)26-17/h4-9H,1-3H2,(H2,20,24)(H2,21,22,23,25)/b9-6+. The van der Waals surface area contributed by atoms with Crippen molar-refractivity contribution in [3.63, 3.8) is 0 Å². The molecule has 26 heavy (non-hydrogen) atoms. The highest BCUT2D eigenvalue weighted by Crippen LogP contribution is 2.38. The minimum absolute atomic E-state index is 0.123. The van der Waals surface area contributed by atoms with Crippen LogP contribution < -0.4 is 16.4 Å². The van der Waals surface area contributed by atoms with Gasteiger partial charge in [0.25, 0.3) is 5.91 Å². The molecule has 1 aliphatic carbocycles. The molecule has 2 aromatic rings. The molecule has 3 rings (SSSR count). The number of halogens is 1. The molecule has 134 valence electrons. The molecule has 1 aliphatic rings. The summed E-state index contributed by atoms with van der Waals surface area (Å²) in [7, 11) is 0. The molecule has 0 atom stereocenters. The van der Waals surface area contributed by atoms with Crippen LogP contribution in [0.4, 0.5) is 5.00 Å². The van der Waals surface area contributed by atoms with E-state index in [0.717, 1.165) is 35.3 Å². The summed E-state index contributed by atoms with van der Waals surface area (Å²) in [4.78, 5) is 24.9. The molecule has 8 heteroatoms. The molecule has 0 spiro atoms. The summed E-state index contributed by atoms with van der Waals surface area (Å²) >= 11 is 12.5. The highest BCUT2D eigenvalue weighted by atomic mass is 35.5. The predicted molar refractivity (Wildman–Crippen MR) is 110 cm³/mol. The Morgan fingerprint density at radius 1 is 1.23 bits per heavy atom. The Morgan fingerprint density at radius 2 is 1.96 bits per heavy atom. The number of rotatable bonds is 4. The van der Waals surface area contributed by atoms with Gasteiger partial charge in [-0.1, -0.05) is 23.7 Å². The highest BCUT2D eigenvalue weighted by molar-refractivity contribution is 7.80. The van der Waals surface area contributed by atoms with Crippen LogP contribution in [0.2, 0.25) is 5.02 Å². The van der Waals surface area contributed by atoms with Crippen molar-refractivity contribution in [1.29, 1.82) is 0 Å². The number of hydrogen-bond acceptors (Lipinski definition) is 4. The van der Waals surface area contributed by atoms with Crippen molar-refractivity contribution in [3.05, 3.63) is 56.9 Å². The molecule has 0 aliphatic heterocycles. The molecule has 5 nitrogen and oxygen atoms in total. The third-order valence-corrected chi connectivity index (χ3v) is 5.59. The van der Waals surface area contributed by atoms with E-state index in [1.165, 1.54) is 17.4 Å². The van der Waals surface area contributed by atoms with Crippen molar-refractivity contribution in [3.8, 4) is 0 Å². The van der Waals surface area contributed by atoms with Crippen LogP contribution in [0.1, 0.15) is 32.8 Å². The number of benzene rings is 1. The fraction of sp³-hybridized carbons (Fsp3) is 0.167. The lowest BCUT2D eigenvalue weighted by atomic mass is 10.1. The molecule has 4 N–H and O–H groups in total. The second-order valence-corrected chi connectivity index (χ2v) is 7.70. The van der Waals surface area contributed by atoms with E-state index in [9.17, 15) is 9.59 Å². The first kappa shape index (κ1) is 18.6. The second-order valence-electron chi connectivity index (χ2n) is 5.75. The van der Waals surface area contributed by atoms with Crippen LogP contribution in [0.15, 0.2) is 30.3 Å². The van der Waals surface area contributed by atoms with Crippen LogP contribution in [0.25, 0.3) is 6.08 Å². The average Bonchev–Trinajstić information content (AvgIpc) is 3.14. The summed E-state index contributed by atoms with van der Waals surface area (Å²) in [5.74, 6) is -0.856. The van der Waals surface area contributed by atoms with Gasteiger partial charge in [-0.25, -0.2) is 0 Å². The van der Waals surface area contributed by atoms with E-state index < -0.39 is 5.91 Å². The Kier molecular flexibility index (Phi) is 5.70. The summed E-state index contributed by atoms with van der Waals surface area (Å²) < 4.78 is 0. The number of aryl methyl sites for hydroxylation is 1. The molecule has 0 saturated heterocycles. The summed E-state index contributed by atoms with van der Waals surface area (Å²) in [5, 5.41) is 6.83. The zero-order valence-electron chi connectivity index (χ0n) is 13.7. The van der Waals surface area contributed by atoms with Crippen LogP contribution in [-0.2, 0) is 17.6 Å². The number of anilines is 1. The second kappa shape index (κ2) is 7.99. The number of primary amides is 1. The van der Waals surface area contributed by atoms with Gasteiger partial charge in [0.15, 0.2) is 5.11 Å². The SMILES string of the molecule is NC(=O)c1c(NC(=S)NC(=O)/C=C/c2ccc(Cl)cc2)sc2c1CCC2. The van der Waals surface area contributed by atoms with Gasteiger partial charge < -0.3 is 11.1 Å². The number of thiophene rings is 1. The third-order valence-electron chi connectivity index (χ3n) is 3.93. The van der Waals surface area contributed by atoms with E-state index >= 15 is 0 Å². The first-order chi connectivity index (χ1) is 12.4. The first-order valence-electron chi connectivity index (χ1n) is 7.94. The maximum absolute atomic E-state index is 12.0. The number of hydrogen-bond donors (Lipinski definition) is 3. The smallest absolute Gasteiger partial charge is 0.251 e. The Labute approximate surface area is 165 Å². The van der Waals surface area contributed by atoms with E-state index in [2.05, 4.69) is 10.6 Å². The van der Waals surface area contributed by atoms with E-state index in [4.69, 9.17) is 29.6 Å². The minimum Gasteiger partial charge on any atom is -0.365 e. The molecule has 0 fully saturated rings. The van der Waals surface area contributed by atoms with E-state index in [1.807, 2.05) is 0 Å². The molecular weight excluding hydrogens is 390 g/mol. The largest absolute Gasteiger partial charge is 0.365 e. The Bertz CT molecular complexity index is 904. The zero-order valence-corrected chi connectivity index (χ0v) is 16.1. The number of carbonyl (C=O) groups is 2. The van der Waals surface area contributed by atoms with Gasteiger partial charge in [-0.2, -0.15) is 0 Å². The van der Waals surface area contributed by atoms with Gasteiger partial charge in [-0.05, 0) is 60.8 Å². The number of carbonyl (C=O) groups excluding carboxylic acids is 2. The van der Waals surface area contributed by atoms with Crippen LogP contribution in [0.3, 0.4) is 0 Å². The van der Waals surface area contributed by atoms with Crippen LogP contribution in [-0.4, -0.2) is 16.9 Å². The van der Waals surface area contributed by atoms with Gasteiger partial charge in [0.1, 0.15) is 5.00 Å². The quantitative estimate of drug-likeness (QED) is 0.536. The lowest BCUT2D eigenvalue weighted by molar-refractivity contribution is -0.115. The maximum atomic E-state index is 12.0. The molecule has 1 heterocycles. The van der Waals surface area contributed by atoms with Crippen LogP contribution in [0.5, 0.6) is 0 Å². The molecule has 1 aromatic carbocycles. The first-order valence-corrected chi connectivity index (χ1v) is 9.54. The average molecular weight is 406 g/mol. The fourth-order valence-electron chi connectivity index (χ4n) is 2.79. The lowest BCUT2D eigenvalue weighted by Crippen LogP contribution is -2.33. The van der Waals surface area contributed by atoms with Gasteiger partial charge in [0.05, 0.1) is 5.56 Å². The van der Waals surface area contributed by atoms with Crippen LogP contribution >= 0.6 is 35.2 Å². The number of nitrogens with one attached hydrogen (secondary N) is 2. The number of amides is 2. The topological polar surface area (TPSA) is 84.2 Å². The van der Waals surface area contributed by atoms with Crippen molar-refractivity contribution >= 4 is 63.2 Å². The lowest BCUT2D eigenvalue weighted by Gasteiger charge is -2.08. The van der Waals surface area contributed by atoms with Crippen molar-refractivity contribution < 1.29 is 9.59 Å². The molecule has 0 unspecified atom stereocenters. The van der Waals surface area contributed by atoms with E-state index in [0.29, 0.717) is 15.6 Å². The Hall–Kier alpha value is -2.22. The van der Waals surface area contributed by atoms with E-state index in [-0.39, 0.29) is 11.0 Å². The maximum Gasteiger partial charge on any atom is 0.251 e. The molecular formula is C18H16ClN3O2S2. The Morgan fingerprint density at radius 3 is 2.65 bits per heavy atom. The zero-order chi connectivity index (χ0) is 18.7.